The van der Waals surface area contributed by atoms with Crippen LogP contribution in [0.3, 0.4) is 0 Å². The Hall–Kier alpha value is -3.80. The number of aromatic nitrogens is 2. The van der Waals surface area contributed by atoms with Crippen molar-refractivity contribution in [2.45, 2.75) is 26.4 Å². The normalized spacial score (nSPS) is 18.1. The topological polar surface area (TPSA) is 83.4 Å². The number of rotatable bonds is 4. The Morgan fingerprint density at radius 3 is 2.43 bits per heavy atom. The summed E-state index contributed by atoms with van der Waals surface area (Å²) in [6.45, 7) is 4.11. The van der Waals surface area contributed by atoms with E-state index in [0.717, 1.165) is 16.7 Å². The highest BCUT2D eigenvalue weighted by molar-refractivity contribution is 6.46. The van der Waals surface area contributed by atoms with Crippen LogP contribution >= 0.6 is 0 Å². The van der Waals surface area contributed by atoms with Crippen molar-refractivity contribution in [1.29, 1.82) is 0 Å². The zero-order chi connectivity index (χ0) is 21.3. The summed E-state index contributed by atoms with van der Waals surface area (Å²) in [4.78, 5) is 35.8. The highest BCUT2D eigenvalue weighted by Gasteiger charge is 2.46. The molecule has 30 heavy (non-hydrogen) atoms. The molecular formula is C24H21N3O3. The first-order valence-corrected chi connectivity index (χ1v) is 9.63. The van der Waals surface area contributed by atoms with Crippen LogP contribution in [0.4, 0.5) is 0 Å². The SMILES string of the molecule is Cc1ccc(/C(O)=C2/C(=O)C(=O)N(Cc3ccncc3)C2c2ccccn2)cc1C. The Morgan fingerprint density at radius 2 is 1.77 bits per heavy atom. The van der Waals surface area contributed by atoms with Crippen molar-refractivity contribution in [3.05, 3.63) is 101 Å². The van der Waals surface area contributed by atoms with E-state index in [0.29, 0.717) is 11.3 Å². The van der Waals surface area contributed by atoms with Gasteiger partial charge in [0.15, 0.2) is 0 Å². The van der Waals surface area contributed by atoms with Crippen molar-refractivity contribution in [3.63, 3.8) is 0 Å². The Kier molecular flexibility index (Phi) is 5.14. The molecule has 6 heteroatoms. The van der Waals surface area contributed by atoms with Crippen LogP contribution in [-0.4, -0.2) is 31.7 Å². The smallest absolute Gasteiger partial charge is 0.296 e. The van der Waals surface area contributed by atoms with Crippen molar-refractivity contribution in [3.8, 4) is 0 Å². The zero-order valence-electron chi connectivity index (χ0n) is 16.7. The van der Waals surface area contributed by atoms with Gasteiger partial charge in [-0.1, -0.05) is 18.2 Å². The van der Waals surface area contributed by atoms with Gasteiger partial charge >= 0.3 is 0 Å². The van der Waals surface area contributed by atoms with Crippen LogP contribution < -0.4 is 0 Å². The molecule has 0 saturated carbocycles. The average molecular weight is 399 g/mol. The average Bonchev–Trinajstić information content (AvgIpc) is 3.01. The molecule has 0 radical (unpaired) electrons. The third-order valence-electron chi connectivity index (χ3n) is 5.39. The molecule has 1 atom stereocenters. The molecule has 4 rings (SSSR count). The predicted octanol–water partition coefficient (Wildman–Crippen LogP) is 3.72. The van der Waals surface area contributed by atoms with Crippen LogP contribution in [0.2, 0.25) is 0 Å². The van der Waals surface area contributed by atoms with Gasteiger partial charge in [0.2, 0.25) is 0 Å². The van der Waals surface area contributed by atoms with E-state index in [1.807, 2.05) is 26.0 Å². The molecule has 1 saturated heterocycles. The van der Waals surface area contributed by atoms with Crippen LogP contribution in [0.25, 0.3) is 5.76 Å². The van der Waals surface area contributed by atoms with E-state index in [2.05, 4.69) is 9.97 Å². The second-order valence-corrected chi connectivity index (χ2v) is 7.34. The molecule has 150 valence electrons. The molecule has 1 aliphatic heterocycles. The van der Waals surface area contributed by atoms with E-state index in [9.17, 15) is 14.7 Å². The molecule has 1 fully saturated rings. The third kappa shape index (κ3) is 3.48. The van der Waals surface area contributed by atoms with Gasteiger partial charge in [-0.2, -0.15) is 0 Å². The maximum absolute atomic E-state index is 13.0. The molecule has 1 aliphatic rings. The summed E-state index contributed by atoms with van der Waals surface area (Å²) >= 11 is 0. The summed E-state index contributed by atoms with van der Waals surface area (Å²) in [5.41, 5.74) is 3.97. The number of nitrogens with zero attached hydrogens (tertiary/aromatic N) is 3. The number of carbonyl (C=O) groups is 2. The summed E-state index contributed by atoms with van der Waals surface area (Å²) in [6.07, 6.45) is 4.88. The first kappa shape index (κ1) is 19.5. The summed E-state index contributed by atoms with van der Waals surface area (Å²) in [7, 11) is 0. The van der Waals surface area contributed by atoms with E-state index in [-0.39, 0.29) is 17.9 Å². The fourth-order valence-electron chi connectivity index (χ4n) is 3.62. The van der Waals surface area contributed by atoms with Gasteiger partial charge in [0.1, 0.15) is 11.8 Å². The molecule has 1 aromatic carbocycles. The lowest BCUT2D eigenvalue weighted by molar-refractivity contribution is -0.140. The number of amides is 1. The number of carbonyl (C=O) groups excluding carboxylic acids is 2. The van der Waals surface area contributed by atoms with E-state index in [1.165, 1.54) is 4.90 Å². The molecule has 1 unspecified atom stereocenters. The zero-order valence-corrected chi connectivity index (χ0v) is 16.7. The molecule has 6 nitrogen and oxygen atoms in total. The molecule has 0 bridgehead atoms. The van der Waals surface area contributed by atoms with Crippen LogP contribution in [0, 0.1) is 13.8 Å². The number of likely N-dealkylation sites (tertiary alicyclic amines) is 1. The van der Waals surface area contributed by atoms with Crippen molar-refractivity contribution in [1.82, 2.24) is 14.9 Å². The maximum atomic E-state index is 13.0. The minimum Gasteiger partial charge on any atom is -0.507 e. The summed E-state index contributed by atoms with van der Waals surface area (Å²) in [5.74, 6) is -1.56. The Morgan fingerprint density at radius 1 is 1.00 bits per heavy atom. The highest BCUT2D eigenvalue weighted by atomic mass is 16.3. The van der Waals surface area contributed by atoms with Crippen LogP contribution in [-0.2, 0) is 16.1 Å². The number of aliphatic hydroxyl groups is 1. The standard InChI is InChI=1S/C24H21N3O3/c1-15-6-7-18(13-16(15)2)22(28)20-21(19-5-3-4-10-26-19)27(24(30)23(20)29)14-17-8-11-25-12-9-17/h3-13,21,28H,14H2,1-2H3/b22-20-. The quantitative estimate of drug-likeness (QED) is 0.411. The lowest BCUT2D eigenvalue weighted by Crippen LogP contribution is -2.29. The second-order valence-electron chi connectivity index (χ2n) is 7.34. The number of hydrogen-bond donors (Lipinski definition) is 1. The molecule has 3 aromatic rings. The lowest BCUT2D eigenvalue weighted by Gasteiger charge is -2.24. The van der Waals surface area contributed by atoms with Crippen molar-refractivity contribution >= 4 is 17.4 Å². The Balaban J connectivity index is 1.86. The summed E-state index contributed by atoms with van der Waals surface area (Å²) in [5, 5.41) is 11.1. The van der Waals surface area contributed by atoms with Gasteiger partial charge in [0, 0.05) is 30.7 Å². The van der Waals surface area contributed by atoms with Gasteiger partial charge in [0.25, 0.3) is 11.7 Å². The van der Waals surface area contributed by atoms with Gasteiger partial charge in [-0.05, 0) is 60.9 Å². The number of pyridine rings is 2. The van der Waals surface area contributed by atoms with E-state index < -0.39 is 17.7 Å². The predicted molar refractivity (Wildman–Crippen MR) is 112 cm³/mol. The molecule has 0 aliphatic carbocycles. The van der Waals surface area contributed by atoms with E-state index in [4.69, 9.17) is 0 Å². The lowest BCUT2D eigenvalue weighted by atomic mass is 9.96. The Labute approximate surface area is 174 Å². The van der Waals surface area contributed by atoms with Crippen LogP contribution in [0.1, 0.15) is 34.0 Å². The molecule has 1 amide bonds. The summed E-state index contributed by atoms with van der Waals surface area (Å²) < 4.78 is 0. The number of Topliss-reactive ketones (excluding diaryl/α,β-unsaturated/α-hetero) is 1. The Bertz CT molecular complexity index is 1140. The number of ketones is 1. The minimum atomic E-state index is -0.777. The first-order valence-electron chi connectivity index (χ1n) is 9.63. The number of aliphatic hydroxyl groups excluding tert-OH is 1. The van der Waals surface area contributed by atoms with Gasteiger partial charge in [-0.25, -0.2) is 0 Å². The number of hydrogen-bond acceptors (Lipinski definition) is 5. The van der Waals surface area contributed by atoms with E-state index in [1.54, 1.807) is 55.0 Å². The number of aryl methyl sites for hydroxylation is 2. The largest absolute Gasteiger partial charge is 0.507 e. The second kappa shape index (κ2) is 7.91. The fraction of sp³-hybridized carbons (Fsp3) is 0.167. The molecular weight excluding hydrogens is 378 g/mol. The molecule has 3 heterocycles. The highest BCUT2D eigenvalue weighted by Crippen LogP contribution is 2.39. The number of benzene rings is 1. The van der Waals surface area contributed by atoms with Gasteiger partial charge in [0.05, 0.1) is 11.3 Å². The summed E-state index contributed by atoms with van der Waals surface area (Å²) in [6, 6.07) is 13.6. The third-order valence-corrected chi connectivity index (χ3v) is 5.39. The van der Waals surface area contributed by atoms with Crippen molar-refractivity contribution in [2.24, 2.45) is 0 Å². The van der Waals surface area contributed by atoms with Gasteiger partial charge in [-0.15, -0.1) is 0 Å². The van der Waals surface area contributed by atoms with Gasteiger partial charge in [-0.3, -0.25) is 19.6 Å². The maximum Gasteiger partial charge on any atom is 0.296 e. The fourth-order valence-corrected chi connectivity index (χ4v) is 3.62. The molecule has 0 spiro atoms. The first-order chi connectivity index (χ1) is 14.5. The van der Waals surface area contributed by atoms with Gasteiger partial charge < -0.3 is 10.0 Å². The van der Waals surface area contributed by atoms with Crippen molar-refractivity contribution in [2.75, 3.05) is 0 Å². The molecule has 2 aromatic heterocycles. The van der Waals surface area contributed by atoms with Crippen LogP contribution in [0.15, 0.2) is 72.7 Å². The van der Waals surface area contributed by atoms with Crippen molar-refractivity contribution < 1.29 is 14.7 Å². The molecule has 1 N–H and O–H groups in total. The van der Waals surface area contributed by atoms with Crippen LogP contribution in [0.5, 0.6) is 0 Å². The monoisotopic (exact) mass is 399 g/mol. The van der Waals surface area contributed by atoms with E-state index >= 15 is 0 Å². The minimum absolute atomic E-state index is 0.0519.